The normalized spacial score (nSPS) is 14.1. The van der Waals surface area contributed by atoms with Gasteiger partial charge in [-0.3, -0.25) is 4.79 Å². The third kappa shape index (κ3) is 5.28. The van der Waals surface area contributed by atoms with Crippen molar-refractivity contribution in [3.8, 4) is 11.1 Å². The van der Waals surface area contributed by atoms with Gasteiger partial charge in [0, 0.05) is 25.9 Å². The summed E-state index contributed by atoms with van der Waals surface area (Å²) in [5.74, 6) is -1.21. The number of nitrogens with one attached hydrogen (secondary N) is 1. The van der Waals surface area contributed by atoms with E-state index in [1.807, 2.05) is 31.2 Å². The van der Waals surface area contributed by atoms with Crippen LogP contribution in [0.3, 0.4) is 0 Å². The fourth-order valence-electron chi connectivity index (χ4n) is 3.94. The van der Waals surface area contributed by atoms with Crippen LogP contribution in [0.1, 0.15) is 43.7 Å². The highest BCUT2D eigenvalue weighted by Crippen LogP contribution is 2.44. The molecule has 0 aromatic heterocycles. The highest BCUT2D eigenvalue weighted by atomic mass is 16.5. The number of benzene rings is 2. The molecular formula is C25H30N2O5. The van der Waals surface area contributed by atoms with E-state index < -0.39 is 18.1 Å². The molecule has 1 aliphatic rings. The molecule has 0 heterocycles. The molecule has 7 nitrogen and oxygen atoms in total. The van der Waals surface area contributed by atoms with E-state index in [2.05, 4.69) is 29.6 Å². The summed E-state index contributed by atoms with van der Waals surface area (Å²) >= 11 is 0. The number of hydrogen-bond donors (Lipinski definition) is 2. The standard InChI is InChI=1S/C25H30N2O5/c1-16(12-13-23(28)27(3)17(2)24(29)30)14-26-25(31)32-15-22-20-10-6-4-8-18(20)19-9-5-7-11-21(19)22/h4-11,16-17,22H,12-15H2,1-3H3,(H,26,31)(H,29,30). The number of carboxylic acid groups (broad SMARTS) is 1. The molecule has 2 aromatic carbocycles. The van der Waals surface area contributed by atoms with E-state index in [9.17, 15) is 14.4 Å². The van der Waals surface area contributed by atoms with Gasteiger partial charge in [0.15, 0.2) is 0 Å². The van der Waals surface area contributed by atoms with E-state index in [1.165, 1.54) is 30.0 Å². The number of rotatable bonds is 9. The number of amides is 2. The van der Waals surface area contributed by atoms with Gasteiger partial charge in [0.1, 0.15) is 12.6 Å². The topological polar surface area (TPSA) is 95.9 Å². The number of carboxylic acids is 1. The monoisotopic (exact) mass is 438 g/mol. The van der Waals surface area contributed by atoms with Crippen LogP contribution >= 0.6 is 0 Å². The van der Waals surface area contributed by atoms with E-state index in [1.54, 1.807) is 0 Å². The van der Waals surface area contributed by atoms with E-state index >= 15 is 0 Å². The minimum Gasteiger partial charge on any atom is -0.480 e. The quantitative estimate of drug-likeness (QED) is 0.620. The van der Waals surface area contributed by atoms with Crippen molar-refractivity contribution in [1.29, 1.82) is 0 Å². The Kier molecular flexibility index (Phi) is 7.51. The zero-order chi connectivity index (χ0) is 23.3. The molecule has 2 unspecified atom stereocenters. The lowest BCUT2D eigenvalue weighted by atomic mass is 9.98. The van der Waals surface area contributed by atoms with Gasteiger partial charge in [0.25, 0.3) is 0 Å². The number of carbonyl (C=O) groups is 3. The molecule has 0 saturated carbocycles. The molecule has 0 saturated heterocycles. The van der Waals surface area contributed by atoms with Gasteiger partial charge in [-0.15, -0.1) is 0 Å². The van der Waals surface area contributed by atoms with Crippen molar-refractivity contribution >= 4 is 18.0 Å². The molecule has 32 heavy (non-hydrogen) atoms. The van der Waals surface area contributed by atoms with Crippen molar-refractivity contribution in [2.24, 2.45) is 5.92 Å². The number of fused-ring (bicyclic) bond motifs is 3. The summed E-state index contributed by atoms with van der Waals surface area (Å²) in [4.78, 5) is 36.6. The van der Waals surface area contributed by atoms with Crippen LogP contribution in [0.5, 0.6) is 0 Å². The Labute approximate surface area is 188 Å². The van der Waals surface area contributed by atoms with Crippen LogP contribution in [0.4, 0.5) is 4.79 Å². The second-order valence-corrected chi connectivity index (χ2v) is 8.37. The van der Waals surface area contributed by atoms with Gasteiger partial charge in [-0.25, -0.2) is 9.59 Å². The zero-order valence-corrected chi connectivity index (χ0v) is 18.7. The Morgan fingerprint density at radius 1 is 1.03 bits per heavy atom. The number of hydrogen-bond acceptors (Lipinski definition) is 4. The number of nitrogens with zero attached hydrogens (tertiary/aromatic N) is 1. The maximum Gasteiger partial charge on any atom is 0.407 e. The minimum atomic E-state index is -1.04. The second kappa shape index (κ2) is 10.3. The number of ether oxygens (including phenoxy) is 1. The highest BCUT2D eigenvalue weighted by Gasteiger charge is 2.29. The summed E-state index contributed by atoms with van der Waals surface area (Å²) in [5.41, 5.74) is 4.68. The molecular weight excluding hydrogens is 408 g/mol. The van der Waals surface area contributed by atoms with Gasteiger partial charge in [0.05, 0.1) is 0 Å². The van der Waals surface area contributed by atoms with Gasteiger partial charge in [-0.2, -0.15) is 0 Å². The van der Waals surface area contributed by atoms with Gasteiger partial charge < -0.3 is 20.1 Å². The number of likely N-dealkylation sites (N-methyl/N-ethyl adjacent to an activating group) is 1. The molecule has 2 aromatic rings. The van der Waals surface area contributed by atoms with Crippen LogP contribution < -0.4 is 5.32 Å². The molecule has 0 fully saturated rings. The predicted octanol–water partition coefficient (Wildman–Crippen LogP) is 3.87. The Hall–Kier alpha value is -3.35. The van der Waals surface area contributed by atoms with Crippen LogP contribution in [-0.2, 0) is 14.3 Å². The summed E-state index contributed by atoms with van der Waals surface area (Å²) in [6, 6.07) is 15.5. The van der Waals surface area contributed by atoms with Gasteiger partial charge in [-0.1, -0.05) is 55.5 Å². The summed E-state index contributed by atoms with van der Waals surface area (Å²) in [6.45, 7) is 4.03. The fraction of sp³-hybridized carbons (Fsp3) is 0.400. The van der Waals surface area contributed by atoms with Crippen molar-refractivity contribution in [2.45, 2.75) is 38.6 Å². The molecule has 0 radical (unpaired) electrons. The zero-order valence-electron chi connectivity index (χ0n) is 18.7. The predicted molar refractivity (Wildman–Crippen MR) is 121 cm³/mol. The summed E-state index contributed by atoms with van der Waals surface area (Å²) in [7, 11) is 1.49. The van der Waals surface area contributed by atoms with Crippen molar-refractivity contribution < 1.29 is 24.2 Å². The van der Waals surface area contributed by atoms with Crippen LogP contribution in [0, 0.1) is 5.92 Å². The lowest BCUT2D eigenvalue weighted by molar-refractivity contribution is -0.148. The molecule has 2 atom stereocenters. The fourth-order valence-corrected chi connectivity index (χ4v) is 3.94. The van der Waals surface area contributed by atoms with Crippen LogP contribution in [0.2, 0.25) is 0 Å². The van der Waals surface area contributed by atoms with E-state index in [0.717, 1.165) is 11.1 Å². The van der Waals surface area contributed by atoms with Crippen LogP contribution in [-0.4, -0.2) is 54.2 Å². The van der Waals surface area contributed by atoms with Crippen LogP contribution in [0.15, 0.2) is 48.5 Å². The van der Waals surface area contributed by atoms with Gasteiger partial charge in [-0.05, 0) is 41.5 Å². The first-order valence-corrected chi connectivity index (χ1v) is 10.9. The Bertz CT molecular complexity index is 944. The summed E-state index contributed by atoms with van der Waals surface area (Å²) in [6.07, 6.45) is 0.280. The lowest BCUT2D eigenvalue weighted by Gasteiger charge is -2.22. The first kappa shape index (κ1) is 23.3. The second-order valence-electron chi connectivity index (χ2n) is 8.37. The number of aliphatic carboxylic acids is 1. The van der Waals surface area contributed by atoms with Crippen molar-refractivity contribution in [1.82, 2.24) is 10.2 Å². The molecule has 3 rings (SSSR count). The molecule has 170 valence electrons. The average Bonchev–Trinajstić information content (AvgIpc) is 3.12. The molecule has 1 aliphatic carbocycles. The Morgan fingerprint density at radius 3 is 2.16 bits per heavy atom. The first-order valence-electron chi connectivity index (χ1n) is 10.9. The highest BCUT2D eigenvalue weighted by molar-refractivity contribution is 5.83. The average molecular weight is 439 g/mol. The minimum absolute atomic E-state index is 0.00922. The summed E-state index contributed by atoms with van der Waals surface area (Å²) < 4.78 is 5.52. The smallest absolute Gasteiger partial charge is 0.407 e. The lowest BCUT2D eigenvalue weighted by Crippen LogP contribution is -2.40. The van der Waals surface area contributed by atoms with Gasteiger partial charge in [0.2, 0.25) is 5.91 Å². The van der Waals surface area contributed by atoms with E-state index in [0.29, 0.717) is 13.0 Å². The molecule has 0 aliphatic heterocycles. The molecule has 0 bridgehead atoms. The van der Waals surface area contributed by atoms with Crippen molar-refractivity contribution in [3.63, 3.8) is 0 Å². The largest absolute Gasteiger partial charge is 0.480 e. The first-order chi connectivity index (χ1) is 15.3. The number of carbonyl (C=O) groups excluding carboxylic acids is 2. The molecule has 2 amide bonds. The molecule has 0 spiro atoms. The van der Waals surface area contributed by atoms with E-state index in [-0.39, 0.29) is 30.8 Å². The summed E-state index contributed by atoms with van der Waals surface area (Å²) in [5, 5.41) is 11.8. The Balaban J connectivity index is 1.45. The van der Waals surface area contributed by atoms with Crippen LogP contribution in [0.25, 0.3) is 11.1 Å². The maximum atomic E-state index is 12.3. The van der Waals surface area contributed by atoms with Crippen molar-refractivity contribution in [3.05, 3.63) is 59.7 Å². The third-order valence-electron chi connectivity index (χ3n) is 6.12. The number of alkyl carbamates (subject to hydrolysis) is 1. The van der Waals surface area contributed by atoms with Crippen molar-refractivity contribution in [2.75, 3.05) is 20.2 Å². The Morgan fingerprint density at radius 2 is 1.59 bits per heavy atom. The van der Waals surface area contributed by atoms with E-state index in [4.69, 9.17) is 9.84 Å². The molecule has 7 heteroatoms. The molecule has 2 N–H and O–H groups in total. The third-order valence-corrected chi connectivity index (χ3v) is 6.12. The SMILES string of the molecule is CC(CCC(=O)N(C)C(C)C(=O)O)CNC(=O)OCC1c2ccccc2-c2ccccc21. The maximum absolute atomic E-state index is 12.3. The van der Waals surface area contributed by atoms with Gasteiger partial charge >= 0.3 is 12.1 Å².